The van der Waals surface area contributed by atoms with E-state index in [4.69, 9.17) is 14.2 Å². The molecular weight excluding hydrogens is 524 g/mol. The first-order chi connectivity index (χ1) is 19.1. The summed E-state index contributed by atoms with van der Waals surface area (Å²) >= 11 is 0. The van der Waals surface area contributed by atoms with Crippen LogP contribution in [0.5, 0.6) is 23.1 Å². The van der Waals surface area contributed by atoms with Crippen LogP contribution in [0.2, 0.25) is 0 Å². The van der Waals surface area contributed by atoms with Crippen molar-refractivity contribution < 1.29 is 33.7 Å². The second-order valence-electron chi connectivity index (χ2n) is 9.82. The first-order valence-electron chi connectivity index (χ1n) is 13.4. The largest absolute Gasteiger partial charge is 0.494 e. The third-order valence-corrected chi connectivity index (χ3v) is 8.22. The Morgan fingerprint density at radius 1 is 0.925 bits per heavy atom. The third kappa shape index (κ3) is 3.35. The van der Waals surface area contributed by atoms with Crippen molar-refractivity contribution in [1.82, 2.24) is 18.9 Å². The van der Waals surface area contributed by atoms with Crippen LogP contribution >= 0.6 is 0 Å². The number of nitrogens with zero attached hydrogens (tertiary/aromatic N) is 4. The summed E-state index contributed by atoms with van der Waals surface area (Å²) in [5.74, 6) is -2.84. The average Bonchev–Trinajstić information content (AvgIpc) is 3.40. The van der Waals surface area contributed by atoms with E-state index in [2.05, 4.69) is 0 Å². The lowest BCUT2D eigenvalue weighted by atomic mass is 9.59. The molecule has 3 heterocycles. The first-order valence-corrected chi connectivity index (χ1v) is 13.4. The molecule has 40 heavy (non-hydrogen) atoms. The highest BCUT2D eigenvalue weighted by molar-refractivity contribution is 6.20. The van der Waals surface area contributed by atoms with Gasteiger partial charge in [-0.2, -0.15) is 0 Å². The summed E-state index contributed by atoms with van der Waals surface area (Å²) in [7, 11) is 1.39. The Balaban J connectivity index is 1.97. The fourth-order valence-electron chi connectivity index (χ4n) is 6.35. The molecule has 1 atom stereocenters. The molecule has 0 unspecified atom stereocenters. The van der Waals surface area contributed by atoms with E-state index < -0.39 is 46.3 Å². The van der Waals surface area contributed by atoms with E-state index in [-0.39, 0.29) is 68.4 Å². The highest BCUT2D eigenvalue weighted by atomic mass is 16.7. The number of aryl methyl sites for hydroxylation is 1. The van der Waals surface area contributed by atoms with Crippen molar-refractivity contribution in [3.63, 3.8) is 0 Å². The summed E-state index contributed by atoms with van der Waals surface area (Å²) in [6.07, 6.45) is 0.136. The van der Waals surface area contributed by atoms with Crippen molar-refractivity contribution in [2.24, 2.45) is 5.41 Å². The molecule has 214 valence electrons. The number of rotatable bonds is 6. The molecule has 0 saturated carbocycles. The fraction of sp³-hybridized carbons (Fsp3) is 0.519. The number of hydrogen-bond donors (Lipinski definition) is 1. The van der Waals surface area contributed by atoms with Crippen molar-refractivity contribution in [3.05, 3.63) is 43.6 Å². The normalized spacial score (nSPS) is 19.4. The van der Waals surface area contributed by atoms with Crippen LogP contribution in [0.25, 0.3) is 0 Å². The maximum atomic E-state index is 14.3. The standard InChI is InChI=1S/C27H32N4O9/c1-6-28-21(32)17(22(33)29(7-2)25(28)36)18-16-14(12-15-19(20(16)38-5)40-13-39-15)10-11-27(18)23(34)30(8-3)26(37)31(9-4)24(27)35/h12,18,32H,6-11,13H2,1-5H3/t18-/m1/s1. The minimum absolute atomic E-state index is 0.0132. The zero-order valence-corrected chi connectivity index (χ0v) is 23.1. The summed E-state index contributed by atoms with van der Waals surface area (Å²) in [6, 6.07) is 0.963. The van der Waals surface area contributed by atoms with Crippen LogP contribution in [0.3, 0.4) is 0 Å². The molecule has 1 aromatic carbocycles. The highest BCUT2D eigenvalue weighted by Crippen LogP contribution is 2.59. The number of carbonyl (C=O) groups is 3. The maximum absolute atomic E-state index is 14.3. The molecule has 13 heteroatoms. The molecule has 4 amide bonds. The maximum Gasteiger partial charge on any atom is 0.333 e. The fourth-order valence-corrected chi connectivity index (χ4v) is 6.35. The number of aromatic hydroxyl groups is 1. The van der Waals surface area contributed by atoms with E-state index >= 15 is 0 Å². The van der Waals surface area contributed by atoms with Crippen molar-refractivity contribution in [2.75, 3.05) is 27.0 Å². The van der Waals surface area contributed by atoms with Crippen LogP contribution < -0.4 is 25.5 Å². The summed E-state index contributed by atoms with van der Waals surface area (Å²) in [6.45, 7) is 6.38. The smallest absolute Gasteiger partial charge is 0.333 e. The number of aromatic nitrogens is 2. The number of ether oxygens (including phenoxy) is 3. The number of fused-ring (bicyclic) bond motifs is 2. The first kappa shape index (κ1) is 27.3. The number of imide groups is 2. The van der Waals surface area contributed by atoms with Gasteiger partial charge >= 0.3 is 11.7 Å². The van der Waals surface area contributed by atoms with E-state index in [1.165, 1.54) is 7.11 Å². The number of hydrogen-bond acceptors (Lipinski definition) is 9. The molecule has 5 rings (SSSR count). The Labute approximate surface area is 229 Å². The van der Waals surface area contributed by atoms with Crippen LogP contribution in [0.4, 0.5) is 4.79 Å². The highest BCUT2D eigenvalue weighted by Gasteiger charge is 2.64. The van der Waals surface area contributed by atoms with Gasteiger partial charge in [-0.1, -0.05) is 0 Å². The molecule has 0 radical (unpaired) electrons. The summed E-state index contributed by atoms with van der Waals surface area (Å²) < 4.78 is 19.0. The van der Waals surface area contributed by atoms with Gasteiger partial charge in [-0.3, -0.25) is 33.3 Å². The Kier molecular flexibility index (Phi) is 6.63. The van der Waals surface area contributed by atoms with E-state index in [9.17, 15) is 29.1 Å². The van der Waals surface area contributed by atoms with Crippen LogP contribution in [0.15, 0.2) is 15.7 Å². The van der Waals surface area contributed by atoms with Gasteiger partial charge in [0.25, 0.3) is 5.56 Å². The quantitative estimate of drug-likeness (QED) is 0.521. The number of benzene rings is 1. The van der Waals surface area contributed by atoms with E-state index in [1.807, 2.05) is 0 Å². The molecule has 1 fully saturated rings. The topological polar surface area (TPSA) is 150 Å². The van der Waals surface area contributed by atoms with Crippen LogP contribution in [0.1, 0.15) is 56.7 Å². The van der Waals surface area contributed by atoms with Gasteiger partial charge in [0.1, 0.15) is 5.41 Å². The lowest BCUT2D eigenvalue weighted by Gasteiger charge is -2.49. The van der Waals surface area contributed by atoms with Gasteiger partial charge in [0.05, 0.1) is 12.7 Å². The Morgan fingerprint density at radius 3 is 2.10 bits per heavy atom. The number of amides is 4. The minimum atomic E-state index is -1.99. The lowest BCUT2D eigenvalue weighted by molar-refractivity contribution is -0.161. The van der Waals surface area contributed by atoms with Gasteiger partial charge in [-0.15, -0.1) is 0 Å². The van der Waals surface area contributed by atoms with Crippen LogP contribution in [-0.2, 0) is 29.1 Å². The Hall–Kier alpha value is -4.29. The van der Waals surface area contributed by atoms with Crippen molar-refractivity contribution in [2.45, 2.75) is 59.5 Å². The predicted octanol–water partition coefficient (Wildman–Crippen LogP) is 1.39. The molecule has 1 spiro atoms. The second-order valence-corrected chi connectivity index (χ2v) is 9.82. The molecule has 0 bridgehead atoms. The third-order valence-electron chi connectivity index (χ3n) is 8.22. The van der Waals surface area contributed by atoms with Crippen LogP contribution in [-0.4, -0.2) is 68.9 Å². The molecule has 1 saturated heterocycles. The molecule has 1 aliphatic carbocycles. The number of urea groups is 1. The monoisotopic (exact) mass is 556 g/mol. The second kappa shape index (κ2) is 9.72. The van der Waals surface area contributed by atoms with Crippen molar-refractivity contribution in [3.8, 4) is 23.1 Å². The molecule has 2 aliphatic heterocycles. The predicted molar refractivity (Wildman–Crippen MR) is 140 cm³/mol. The molecule has 2 aromatic rings. The van der Waals surface area contributed by atoms with Crippen molar-refractivity contribution >= 4 is 17.8 Å². The zero-order valence-electron chi connectivity index (χ0n) is 23.1. The molecule has 1 aromatic heterocycles. The summed E-state index contributed by atoms with van der Waals surface area (Å²) in [5, 5.41) is 11.5. The average molecular weight is 557 g/mol. The number of methoxy groups -OCH3 is 1. The lowest BCUT2D eigenvalue weighted by Crippen LogP contribution is -2.68. The number of carbonyl (C=O) groups excluding carboxylic acids is 3. The van der Waals surface area contributed by atoms with Gasteiger partial charge in [-0.05, 0) is 52.2 Å². The van der Waals surface area contributed by atoms with E-state index in [0.717, 1.165) is 18.9 Å². The number of barbiturate groups is 1. The van der Waals surface area contributed by atoms with Crippen molar-refractivity contribution in [1.29, 1.82) is 0 Å². The van der Waals surface area contributed by atoms with Gasteiger partial charge in [-0.25, -0.2) is 9.59 Å². The van der Waals surface area contributed by atoms with Crippen LogP contribution in [0, 0.1) is 5.41 Å². The van der Waals surface area contributed by atoms with Gasteiger partial charge in [0.15, 0.2) is 11.5 Å². The molecule has 3 aliphatic rings. The Bertz CT molecular complexity index is 1530. The molecule has 1 N–H and O–H groups in total. The Morgan fingerprint density at radius 2 is 1.55 bits per heavy atom. The zero-order chi connectivity index (χ0) is 29.1. The minimum Gasteiger partial charge on any atom is -0.494 e. The SMILES string of the molecule is CCN1C(=O)N(CC)C(=O)C2(CCc3cc4c(c(OC)c3[C@@H]2c2c(O)n(CC)c(=O)n(CC)c2=O)OCO4)C1=O. The van der Waals surface area contributed by atoms with Gasteiger partial charge in [0, 0.05) is 37.7 Å². The van der Waals surface area contributed by atoms with Gasteiger partial charge < -0.3 is 19.3 Å². The van der Waals surface area contributed by atoms with E-state index in [1.54, 1.807) is 33.8 Å². The molecule has 13 nitrogen and oxygen atoms in total. The summed E-state index contributed by atoms with van der Waals surface area (Å²) in [4.78, 5) is 71.0. The van der Waals surface area contributed by atoms with E-state index in [0.29, 0.717) is 11.3 Å². The molecular formula is C27H32N4O9. The van der Waals surface area contributed by atoms with Gasteiger partial charge in [0.2, 0.25) is 30.2 Å². The summed E-state index contributed by atoms with van der Waals surface area (Å²) in [5.41, 5.74) is -2.94.